The van der Waals surface area contributed by atoms with E-state index in [-0.39, 0.29) is 29.2 Å². The van der Waals surface area contributed by atoms with Crippen LogP contribution in [0, 0.1) is 0 Å². The van der Waals surface area contributed by atoms with Crippen LogP contribution in [0.5, 0.6) is 0 Å². The lowest BCUT2D eigenvalue weighted by Gasteiger charge is -2.19. The zero-order chi connectivity index (χ0) is 19.9. The maximum atomic E-state index is 12.1. The van der Waals surface area contributed by atoms with Crippen molar-refractivity contribution in [1.29, 1.82) is 0 Å². The van der Waals surface area contributed by atoms with Crippen LogP contribution in [0.1, 0.15) is 38.3 Å². The molecular weight excluding hydrogens is 360 g/mol. The fourth-order valence-electron chi connectivity index (χ4n) is 2.59. The number of hydrogen-bond donors (Lipinski definition) is 2. The van der Waals surface area contributed by atoms with E-state index in [4.69, 9.17) is 0 Å². The first kappa shape index (κ1) is 21.1. The quantitative estimate of drug-likeness (QED) is 0.730. The van der Waals surface area contributed by atoms with Gasteiger partial charge in [0, 0.05) is 19.5 Å². The summed E-state index contributed by atoms with van der Waals surface area (Å²) in [4.78, 5) is 12.1. The van der Waals surface area contributed by atoms with Gasteiger partial charge >= 0.3 is 0 Å². The lowest BCUT2D eigenvalue weighted by molar-refractivity contribution is -0.120. The highest BCUT2D eigenvalue weighted by Crippen LogP contribution is 2.22. The highest BCUT2D eigenvalue weighted by atomic mass is 32.2. The molecule has 0 aliphatic carbocycles. The van der Waals surface area contributed by atoms with Crippen LogP contribution in [0.15, 0.2) is 59.5 Å². The van der Waals surface area contributed by atoms with E-state index in [9.17, 15) is 13.2 Å². The molecule has 146 valence electrons. The van der Waals surface area contributed by atoms with Gasteiger partial charge in [0.2, 0.25) is 15.9 Å². The molecule has 2 aromatic carbocycles. The third-order valence-corrected chi connectivity index (χ3v) is 5.73. The molecule has 0 spiro atoms. The predicted molar refractivity (Wildman–Crippen MR) is 108 cm³/mol. The van der Waals surface area contributed by atoms with Crippen molar-refractivity contribution < 1.29 is 13.2 Å². The molecule has 0 aromatic heterocycles. The van der Waals surface area contributed by atoms with Gasteiger partial charge in [-0.05, 0) is 35.1 Å². The lowest BCUT2D eigenvalue weighted by atomic mass is 9.86. The Balaban J connectivity index is 1.71. The van der Waals surface area contributed by atoms with Crippen LogP contribution < -0.4 is 10.0 Å². The first-order valence-corrected chi connectivity index (χ1v) is 10.6. The van der Waals surface area contributed by atoms with Crippen LogP contribution in [-0.4, -0.2) is 27.4 Å². The van der Waals surface area contributed by atoms with E-state index in [2.05, 4.69) is 55.1 Å². The summed E-state index contributed by atoms with van der Waals surface area (Å²) >= 11 is 0. The molecule has 0 saturated heterocycles. The molecule has 0 atom stereocenters. The van der Waals surface area contributed by atoms with Crippen molar-refractivity contribution in [1.82, 2.24) is 10.0 Å². The Bertz CT molecular complexity index is 839. The molecule has 5 nitrogen and oxygen atoms in total. The van der Waals surface area contributed by atoms with Gasteiger partial charge in [-0.2, -0.15) is 0 Å². The number of carbonyl (C=O) groups is 1. The number of carbonyl (C=O) groups excluding carboxylic acids is 1. The number of sulfonamides is 1. The van der Waals surface area contributed by atoms with Crippen molar-refractivity contribution in [2.24, 2.45) is 0 Å². The second-order valence-corrected chi connectivity index (χ2v) is 9.27. The monoisotopic (exact) mass is 388 g/mol. The maximum absolute atomic E-state index is 12.1. The molecule has 6 heteroatoms. The summed E-state index contributed by atoms with van der Waals surface area (Å²) < 4.78 is 26.6. The topological polar surface area (TPSA) is 75.3 Å². The second kappa shape index (κ2) is 9.15. The summed E-state index contributed by atoms with van der Waals surface area (Å²) in [6, 6.07) is 16.5. The first-order valence-electron chi connectivity index (χ1n) is 9.09. The van der Waals surface area contributed by atoms with Gasteiger partial charge in [-0.25, -0.2) is 13.1 Å². The van der Waals surface area contributed by atoms with Crippen molar-refractivity contribution in [3.63, 3.8) is 0 Å². The molecule has 1 amide bonds. The number of benzene rings is 2. The predicted octanol–water partition coefficient (Wildman–Crippen LogP) is 3.01. The van der Waals surface area contributed by atoms with Crippen LogP contribution in [-0.2, 0) is 26.7 Å². The normalized spacial score (nSPS) is 12.0. The van der Waals surface area contributed by atoms with Gasteiger partial charge in [-0.1, -0.05) is 63.2 Å². The van der Waals surface area contributed by atoms with E-state index in [1.807, 2.05) is 0 Å². The molecule has 0 radical (unpaired) electrons. The van der Waals surface area contributed by atoms with Crippen molar-refractivity contribution in [3.05, 3.63) is 65.7 Å². The highest BCUT2D eigenvalue weighted by molar-refractivity contribution is 7.89. The van der Waals surface area contributed by atoms with Crippen molar-refractivity contribution in [3.8, 4) is 0 Å². The molecule has 0 fully saturated rings. The minimum Gasteiger partial charge on any atom is -0.356 e. The average molecular weight is 389 g/mol. The van der Waals surface area contributed by atoms with E-state index in [1.165, 1.54) is 17.7 Å². The van der Waals surface area contributed by atoms with Gasteiger partial charge in [-0.3, -0.25) is 4.79 Å². The summed E-state index contributed by atoms with van der Waals surface area (Å²) in [5.74, 6) is -0.169. The van der Waals surface area contributed by atoms with Crippen molar-refractivity contribution in [2.45, 2.75) is 43.9 Å². The minimum absolute atomic E-state index is 0.0728. The SMILES string of the molecule is CC(C)(C)c1ccc(CCNC(=O)CCNS(=O)(=O)c2ccccc2)cc1. The fourth-order valence-corrected chi connectivity index (χ4v) is 3.64. The largest absolute Gasteiger partial charge is 0.356 e. The lowest BCUT2D eigenvalue weighted by Crippen LogP contribution is -2.31. The molecule has 2 aromatic rings. The molecule has 0 unspecified atom stereocenters. The standard InChI is InChI=1S/C21H28N2O3S/c1-21(2,3)18-11-9-17(10-12-18)13-15-22-20(24)14-16-23-27(25,26)19-7-5-4-6-8-19/h4-12,23H,13-16H2,1-3H3,(H,22,24). The molecule has 0 aliphatic rings. The van der Waals surface area contributed by atoms with E-state index in [0.717, 1.165) is 12.0 Å². The summed E-state index contributed by atoms with van der Waals surface area (Å²) in [6.07, 6.45) is 0.848. The number of rotatable bonds is 8. The van der Waals surface area contributed by atoms with Crippen molar-refractivity contribution >= 4 is 15.9 Å². The third kappa shape index (κ3) is 6.81. The van der Waals surface area contributed by atoms with Gasteiger partial charge < -0.3 is 5.32 Å². The van der Waals surface area contributed by atoms with Crippen LogP contribution in [0.25, 0.3) is 0 Å². The summed E-state index contributed by atoms with van der Waals surface area (Å²) in [7, 11) is -3.57. The second-order valence-electron chi connectivity index (χ2n) is 7.51. The van der Waals surface area contributed by atoms with Crippen LogP contribution in [0.2, 0.25) is 0 Å². The van der Waals surface area contributed by atoms with E-state index in [0.29, 0.717) is 6.54 Å². The summed E-state index contributed by atoms with van der Waals surface area (Å²) in [5.41, 5.74) is 2.56. The Labute approximate surface area is 162 Å². The highest BCUT2D eigenvalue weighted by Gasteiger charge is 2.14. The number of amides is 1. The fraction of sp³-hybridized carbons (Fsp3) is 0.381. The molecular formula is C21H28N2O3S. The molecule has 0 heterocycles. The summed E-state index contributed by atoms with van der Waals surface area (Å²) in [6.45, 7) is 7.12. The van der Waals surface area contributed by atoms with Crippen LogP contribution in [0.4, 0.5) is 0 Å². The molecule has 27 heavy (non-hydrogen) atoms. The zero-order valence-electron chi connectivity index (χ0n) is 16.2. The first-order chi connectivity index (χ1) is 12.7. The van der Waals surface area contributed by atoms with Crippen LogP contribution >= 0.6 is 0 Å². The Morgan fingerprint density at radius 3 is 2.15 bits per heavy atom. The smallest absolute Gasteiger partial charge is 0.240 e. The minimum atomic E-state index is -3.57. The third-order valence-electron chi connectivity index (χ3n) is 4.25. The Kier molecular flexibility index (Phi) is 7.16. The number of hydrogen-bond acceptors (Lipinski definition) is 3. The van der Waals surface area contributed by atoms with E-state index in [1.54, 1.807) is 18.2 Å². The molecule has 2 N–H and O–H groups in total. The Morgan fingerprint density at radius 2 is 1.56 bits per heavy atom. The van der Waals surface area contributed by atoms with Gasteiger partial charge in [0.15, 0.2) is 0 Å². The maximum Gasteiger partial charge on any atom is 0.240 e. The van der Waals surface area contributed by atoms with Crippen molar-refractivity contribution in [2.75, 3.05) is 13.1 Å². The molecule has 0 aliphatic heterocycles. The Morgan fingerprint density at radius 1 is 0.926 bits per heavy atom. The van der Waals surface area contributed by atoms with Gasteiger partial charge in [0.25, 0.3) is 0 Å². The van der Waals surface area contributed by atoms with Gasteiger partial charge in [0.1, 0.15) is 0 Å². The summed E-state index contributed by atoms with van der Waals surface area (Å²) in [5, 5.41) is 2.83. The average Bonchev–Trinajstić information content (AvgIpc) is 2.62. The van der Waals surface area contributed by atoms with E-state index >= 15 is 0 Å². The van der Waals surface area contributed by atoms with E-state index < -0.39 is 10.0 Å². The van der Waals surface area contributed by atoms with Gasteiger partial charge in [-0.15, -0.1) is 0 Å². The van der Waals surface area contributed by atoms with Crippen LogP contribution in [0.3, 0.4) is 0 Å². The Hall–Kier alpha value is -2.18. The zero-order valence-corrected chi connectivity index (χ0v) is 17.0. The molecule has 0 saturated carbocycles. The number of nitrogens with one attached hydrogen (secondary N) is 2. The van der Waals surface area contributed by atoms with Gasteiger partial charge in [0.05, 0.1) is 4.90 Å². The molecule has 0 bridgehead atoms. The molecule has 2 rings (SSSR count).